The standard InChI is InChI=1S/C11H20N2/c1-13-8-2-3-10(9-13)6-7-12-11-4-5-11/h3,11-12H,2,4-9H2,1H3. The van der Waals surface area contributed by atoms with Gasteiger partial charge in [0.2, 0.25) is 0 Å². The highest BCUT2D eigenvalue weighted by atomic mass is 15.1. The van der Waals surface area contributed by atoms with E-state index in [4.69, 9.17) is 0 Å². The van der Waals surface area contributed by atoms with E-state index >= 15 is 0 Å². The maximum absolute atomic E-state index is 3.56. The molecule has 1 heterocycles. The molecular weight excluding hydrogens is 160 g/mol. The van der Waals surface area contributed by atoms with Gasteiger partial charge in [-0.25, -0.2) is 0 Å². The van der Waals surface area contributed by atoms with Gasteiger partial charge in [0.15, 0.2) is 0 Å². The highest BCUT2D eigenvalue weighted by Gasteiger charge is 2.19. The number of likely N-dealkylation sites (N-methyl/N-ethyl adjacent to an activating group) is 1. The Morgan fingerprint density at radius 2 is 2.38 bits per heavy atom. The van der Waals surface area contributed by atoms with Gasteiger partial charge in [-0.05, 0) is 39.3 Å². The zero-order valence-electron chi connectivity index (χ0n) is 8.55. The summed E-state index contributed by atoms with van der Waals surface area (Å²) in [6.45, 7) is 3.61. The highest BCUT2D eigenvalue weighted by molar-refractivity contribution is 5.08. The predicted molar refractivity (Wildman–Crippen MR) is 55.8 cm³/mol. The lowest BCUT2D eigenvalue weighted by Crippen LogP contribution is -2.27. The fourth-order valence-electron chi connectivity index (χ4n) is 1.88. The molecule has 0 aromatic heterocycles. The summed E-state index contributed by atoms with van der Waals surface area (Å²) in [7, 11) is 2.21. The van der Waals surface area contributed by atoms with E-state index in [1.807, 2.05) is 0 Å². The minimum Gasteiger partial charge on any atom is -0.314 e. The van der Waals surface area contributed by atoms with Crippen LogP contribution in [0.15, 0.2) is 11.6 Å². The van der Waals surface area contributed by atoms with Crippen LogP contribution in [0.4, 0.5) is 0 Å². The smallest absolute Gasteiger partial charge is 0.0190 e. The van der Waals surface area contributed by atoms with E-state index in [1.54, 1.807) is 5.57 Å². The molecule has 0 aromatic rings. The van der Waals surface area contributed by atoms with Crippen LogP contribution >= 0.6 is 0 Å². The molecule has 13 heavy (non-hydrogen) atoms. The van der Waals surface area contributed by atoms with Gasteiger partial charge >= 0.3 is 0 Å². The monoisotopic (exact) mass is 180 g/mol. The van der Waals surface area contributed by atoms with Crippen molar-refractivity contribution in [3.63, 3.8) is 0 Å². The molecule has 1 fully saturated rings. The topological polar surface area (TPSA) is 15.3 Å². The third-order valence-corrected chi connectivity index (χ3v) is 2.87. The quantitative estimate of drug-likeness (QED) is 0.658. The lowest BCUT2D eigenvalue weighted by molar-refractivity contribution is 0.349. The molecule has 1 aliphatic heterocycles. The van der Waals surface area contributed by atoms with Crippen LogP contribution in [-0.4, -0.2) is 37.6 Å². The second kappa shape index (κ2) is 4.25. The second-order valence-corrected chi connectivity index (χ2v) is 4.37. The summed E-state index contributed by atoms with van der Waals surface area (Å²) in [4.78, 5) is 2.41. The number of hydrogen-bond donors (Lipinski definition) is 1. The summed E-state index contributed by atoms with van der Waals surface area (Å²) < 4.78 is 0. The Morgan fingerprint density at radius 1 is 1.54 bits per heavy atom. The molecule has 2 rings (SSSR count). The summed E-state index contributed by atoms with van der Waals surface area (Å²) in [5.74, 6) is 0. The van der Waals surface area contributed by atoms with E-state index in [-0.39, 0.29) is 0 Å². The van der Waals surface area contributed by atoms with Gasteiger partial charge in [-0.15, -0.1) is 0 Å². The van der Waals surface area contributed by atoms with Crippen LogP contribution in [0.1, 0.15) is 25.7 Å². The van der Waals surface area contributed by atoms with Gasteiger partial charge in [0.25, 0.3) is 0 Å². The number of nitrogens with one attached hydrogen (secondary N) is 1. The van der Waals surface area contributed by atoms with Gasteiger partial charge < -0.3 is 10.2 Å². The number of hydrogen-bond acceptors (Lipinski definition) is 2. The van der Waals surface area contributed by atoms with Crippen molar-refractivity contribution in [2.75, 3.05) is 26.7 Å². The lowest BCUT2D eigenvalue weighted by Gasteiger charge is -2.22. The molecule has 0 spiro atoms. The van der Waals surface area contributed by atoms with Crippen LogP contribution in [0.5, 0.6) is 0 Å². The van der Waals surface area contributed by atoms with Gasteiger partial charge in [0.05, 0.1) is 0 Å². The predicted octanol–water partition coefficient (Wildman–Crippen LogP) is 1.39. The average molecular weight is 180 g/mol. The molecule has 0 radical (unpaired) electrons. The van der Waals surface area contributed by atoms with Crippen molar-refractivity contribution in [2.45, 2.75) is 31.7 Å². The third kappa shape index (κ3) is 3.12. The minimum absolute atomic E-state index is 0.863. The molecule has 0 saturated heterocycles. The average Bonchev–Trinajstić information content (AvgIpc) is 2.88. The van der Waals surface area contributed by atoms with Crippen molar-refractivity contribution < 1.29 is 0 Å². The molecule has 0 unspecified atom stereocenters. The molecule has 0 aromatic carbocycles. The molecule has 0 bridgehead atoms. The van der Waals surface area contributed by atoms with Crippen molar-refractivity contribution >= 4 is 0 Å². The van der Waals surface area contributed by atoms with Gasteiger partial charge in [0, 0.05) is 19.1 Å². The van der Waals surface area contributed by atoms with Crippen molar-refractivity contribution in [3.8, 4) is 0 Å². The number of rotatable bonds is 4. The fourth-order valence-corrected chi connectivity index (χ4v) is 1.88. The molecule has 1 saturated carbocycles. The van der Waals surface area contributed by atoms with E-state index in [9.17, 15) is 0 Å². The van der Waals surface area contributed by atoms with E-state index in [1.165, 1.54) is 45.3 Å². The SMILES string of the molecule is CN1CCC=C(CCNC2CC2)C1. The minimum atomic E-state index is 0.863. The zero-order valence-corrected chi connectivity index (χ0v) is 8.55. The second-order valence-electron chi connectivity index (χ2n) is 4.37. The van der Waals surface area contributed by atoms with Crippen molar-refractivity contribution in [3.05, 3.63) is 11.6 Å². The first-order chi connectivity index (χ1) is 6.34. The Bertz CT molecular complexity index is 194. The van der Waals surface area contributed by atoms with Crippen LogP contribution in [0.2, 0.25) is 0 Å². The van der Waals surface area contributed by atoms with E-state index in [0.717, 1.165) is 6.04 Å². The first kappa shape index (κ1) is 9.22. The van der Waals surface area contributed by atoms with Crippen LogP contribution in [-0.2, 0) is 0 Å². The van der Waals surface area contributed by atoms with Gasteiger partial charge in [-0.1, -0.05) is 11.6 Å². The van der Waals surface area contributed by atoms with Crippen molar-refractivity contribution in [2.24, 2.45) is 0 Å². The molecule has 2 aliphatic rings. The van der Waals surface area contributed by atoms with Crippen LogP contribution in [0, 0.1) is 0 Å². The summed E-state index contributed by atoms with van der Waals surface area (Å²) in [5, 5.41) is 3.56. The molecule has 1 aliphatic carbocycles. The normalized spacial score (nSPS) is 24.5. The molecule has 0 atom stereocenters. The molecule has 0 amide bonds. The van der Waals surface area contributed by atoms with Gasteiger partial charge in [0.1, 0.15) is 0 Å². The maximum Gasteiger partial charge on any atom is 0.0190 e. The van der Waals surface area contributed by atoms with Crippen LogP contribution in [0.3, 0.4) is 0 Å². The summed E-state index contributed by atoms with van der Waals surface area (Å²) in [6.07, 6.45) is 7.72. The molecular formula is C11H20N2. The fraction of sp³-hybridized carbons (Fsp3) is 0.818. The van der Waals surface area contributed by atoms with Crippen LogP contribution < -0.4 is 5.32 Å². The Balaban J connectivity index is 1.64. The Hall–Kier alpha value is -0.340. The Labute approximate surface area is 81.0 Å². The Morgan fingerprint density at radius 3 is 3.08 bits per heavy atom. The third-order valence-electron chi connectivity index (χ3n) is 2.87. The van der Waals surface area contributed by atoms with Crippen LogP contribution in [0.25, 0.3) is 0 Å². The first-order valence-electron chi connectivity index (χ1n) is 5.44. The van der Waals surface area contributed by atoms with E-state index in [2.05, 4.69) is 23.3 Å². The van der Waals surface area contributed by atoms with Gasteiger partial charge in [-0.2, -0.15) is 0 Å². The molecule has 74 valence electrons. The largest absolute Gasteiger partial charge is 0.314 e. The molecule has 2 heteroatoms. The highest BCUT2D eigenvalue weighted by Crippen LogP contribution is 2.19. The lowest BCUT2D eigenvalue weighted by atomic mass is 10.1. The Kier molecular flexibility index (Phi) is 3.01. The summed E-state index contributed by atoms with van der Waals surface area (Å²) in [6, 6.07) is 0.863. The van der Waals surface area contributed by atoms with Crippen molar-refractivity contribution in [1.82, 2.24) is 10.2 Å². The van der Waals surface area contributed by atoms with Crippen molar-refractivity contribution in [1.29, 1.82) is 0 Å². The first-order valence-corrected chi connectivity index (χ1v) is 5.44. The summed E-state index contributed by atoms with van der Waals surface area (Å²) >= 11 is 0. The van der Waals surface area contributed by atoms with E-state index < -0.39 is 0 Å². The summed E-state index contributed by atoms with van der Waals surface area (Å²) in [5.41, 5.74) is 1.63. The molecule has 2 nitrogen and oxygen atoms in total. The molecule has 1 N–H and O–H groups in total. The maximum atomic E-state index is 3.56. The zero-order chi connectivity index (χ0) is 9.10. The number of nitrogens with zero attached hydrogens (tertiary/aromatic N) is 1. The van der Waals surface area contributed by atoms with Gasteiger partial charge in [-0.3, -0.25) is 0 Å². The van der Waals surface area contributed by atoms with E-state index in [0.29, 0.717) is 0 Å².